The Labute approximate surface area is 430 Å². The molecule has 0 amide bonds. The van der Waals surface area contributed by atoms with E-state index in [1.807, 2.05) is 167 Å². The average Bonchev–Trinajstić information content (AvgIpc) is 3.48. The SMILES string of the molecule is CNc1ccc(-c2ccc(NC)cc2)cc1.CNc1ccc(-c2ccc(OC)cc2)cc1.CNc1ccc(NC)cc1.CNc1ccc(OC)cc1.CNc1cccc(NC)c1.CNc1cccc(OC)c1. The number of anilines is 9. The number of hydrogen-bond donors (Lipinski definition) is 9. The number of rotatable bonds is 14. The topological polar surface area (TPSA) is 136 Å². The summed E-state index contributed by atoms with van der Waals surface area (Å²) in [5.41, 5.74) is 15.0. The van der Waals surface area contributed by atoms with Crippen LogP contribution < -0.4 is 62.1 Å². The Hall–Kier alpha value is -8.64. The van der Waals surface area contributed by atoms with Crippen molar-refractivity contribution >= 4 is 51.2 Å². The van der Waals surface area contributed by atoms with Gasteiger partial charge in [-0.25, -0.2) is 0 Å². The van der Waals surface area contributed by atoms with Crippen molar-refractivity contribution in [1.29, 1.82) is 0 Å². The van der Waals surface area contributed by atoms with E-state index in [0.717, 1.165) is 68.4 Å². The summed E-state index contributed by atoms with van der Waals surface area (Å²) in [6.07, 6.45) is 0. The van der Waals surface area contributed by atoms with Crippen LogP contribution in [0.4, 0.5) is 51.2 Å². The highest BCUT2D eigenvalue weighted by Crippen LogP contribution is 2.25. The van der Waals surface area contributed by atoms with E-state index in [1.165, 1.54) is 22.3 Å². The monoisotopic (exact) mass is 972 g/mol. The molecule has 0 aliphatic heterocycles. The third kappa shape index (κ3) is 20.9. The summed E-state index contributed by atoms with van der Waals surface area (Å²) in [5.74, 6) is 2.65. The maximum absolute atomic E-state index is 5.13. The van der Waals surface area contributed by atoms with Crippen LogP contribution in [0.2, 0.25) is 0 Å². The second kappa shape index (κ2) is 33.8. The van der Waals surface area contributed by atoms with Gasteiger partial charge in [-0.2, -0.15) is 0 Å². The van der Waals surface area contributed by atoms with Crippen LogP contribution in [0.3, 0.4) is 0 Å². The van der Waals surface area contributed by atoms with Crippen molar-refractivity contribution in [2.45, 2.75) is 0 Å². The van der Waals surface area contributed by atoms with Gasteiger partial charge in [0.15, 0.2) is 0 Å². The van der Waals surface area contributed by atoms with Crippen LogP contribution in [0.5, 0.6) is 17.2 Å². The molecular weight excluding hydrogens is 895 g/mol. The fraction of sp³-hybridized carbons (Fsp3) is 0.200. The van der Waals surface area contributed by atoms with Gasteiger partial charge in [0.05, 0.1) is 21.3 Å². The fourth-order valence-electron chi connectivity index (χ4n) is 6.44. The summed E-state index contributed by atoms with van der Waals surface area (Å²) in [5, 5.41) is 27.6. The number of nitrogens with one attached hydrogen (secondary N) is 9. The second-order valence-electron chi connectivity index (χ2n) is 15.3. The zero-order valence-corrected chi connectivity index (χ0v) is 44.2. The third-order valence-corrected chi connectivity index (χ3v) is 10.9. The zero-order valence-electron chi connectivity index (χ0n) is 44.2. The van der Waals surface area contributed by atoms with Gasteiger partial charge in [-0.3, -0.25) is 0 Å². The molecule has 380 valence electrons. The summed E-state index contributed by atoms with van der Waals surface area (Å²) in [6, 6.07) is 65.1. The lowest BCUT2D eigenvalue weighted by Gasteiger charge is -2.05. The van der Waals surface area contributed by atoms with Gasteiger partial charge in [0.2, 0.25) is 0 Å². The normalized spacial score (nSPS) is 9.39. The predicted molar refractivity (Wildman–Crippen MR) is 315 cm³/mol. The maximum atomic E-state index is 5.13. The summed E-state index contributed by atoms with van der Waals surface area (Å²) in [7, 11) is 22.2. The minimum atomic E-state index is 0.881. The van der Waals surface area contributed by atoms with E-state index in [1.54, 1.807) is 21.3 Å². The quantitative estimate of drug-likeness (QED) is 0.0513. The molecule has 0 aromatic heterocycles. The minimum Gasteiger partial charge on any atom is -0.497 e. The molecule has 0 heterocycles. The van der Waals surface area contributed by atoms with Gasteiger partial charge >= 0.3 is 0 Å². The molecule has 12 heteroatoms. The molecule has 8 rings (SSSR count). The first-order chi connectivity index (χ1) is 35.1. The fourth-order valence-corrected chi connectivity index (χ4v) is 6.44. The molecule has 0 bridgehead atoms. The predicted octanol–water partition coefficient (Wildman–Crippen LogP) is 13.9. The van der Waals surface area contributed by atoms with Crippen LogP contribution in [0.25, 0.3) is 22.3 Å². The molecule has 0 atom stereocenters. The van der Waals surface area contributed by atoms with Gasteiger partial charge in [-0.1, -0.05) is 60.7 Å². The Morgan fingerprint density at radius 2 is 0.417 bits per heavy atom. The lowest BCUT2D eigenvalue weighted by atomic mass is 10.1. The van der Waals surface area contributed by atoms with Crippen LogP contribution in [0, 0.1) is 0 Å². The van der Waals surface area contributed by atoms with Gasteiger partial charge < -0.3 is 62.1 Å². The van der Waals surface area contributed by atoms with Crippen LogP contribution in [0.1, 0.15) is 0 Å². The largest absolute Gasteiger partial charge is 0.497 e. The van der Waals surface area contributed by atoms with Crippen molar-refractivity contribution in [2.75, 3.05) is 133 Å². The molecule has 0 fully saturated rings. The van der Waals surface area contributed by atoms with Gasteiger partial charge in [0.1, 0.15) is 17.2 Å². The van der Waals surface area contributed by atoms with Crippen molar-refractivity contribution < 1.29 is 14.2 Å². The molecule has 9 N–H and O–H groups in total. The molecule has 0 aliphatic rings. The van der Waals surface area contributed by atoms with Crippen molar-refractivity contribution in [1.82, 2.24) is 0 Å². The van der Waals surface area contributed by atoms with E-state index in [-0.39, 0.29) is 0 Å². The van der Waals surface area contributed by atoms with E-state index in [4.69, 9.17) is 14.2 Å². The van der Waals surface area contributed by atoms with Crippen LogP contribution in [0.15, 0.2) is 194 Å². The smallest absolute Gasteiger partial charge is 0.120 e. The van der Waals surface area contributed by atoms with Crippen LogP contribution in [-0.2, 0) is 0 Å². The van der Waals surface area contributed by atoms with Crippen molar-refractivity contribution in [3.8, 4) is 39.5 Å². The Kier molecular flexibility index (Phi) is 27.1. The lowest BCUT2D eigenvalue weighted by molar-refractivity contribution is 0.415. The molecule has 8 aromatic carbocycles. The molecule has 72 heavy (non-hydrogen) atoms. The van der Waals surface area contributed by atoms with Gasteiger partial charge in [-0.05, 0) is 150 Å². The average molecular weight is 972 g/mol. The third-order valence-electron chi connectivity index (χ3n) is 10.9. The Morgan fingerprint density at radius 3 is 0.681 bits per heavy atom. The van der Waals surface area contributed by atoms with Gasteiger partial charge in [-0.15, -0.1) is 0 Å². The zero-order chi connectivity index (χ0) is 52.4. The molecule has 0 radical (unpaired) electrons. The minimum absolute atomic E-state index is 0.881. The number of benzene rings is 8. The summed E-state index contributed by atoms with van der Waals surface area (Å²) in [4.78, 5) is 0. The van der Waals surface area contributed by atoms with Crippen LogP contribution >= 0.6 is 0 Å². The Morgan fingerprint density at radius 1 is 0.208 bits per heavy atom. The van der Waals surface area contributed by atoms with E-state index in [0.29, 0.717) is 0 Å². The first-order valence-electron chi connectivity index (χ1n) is 23.7. The molecule has 0 unspecified atom stereocenters. The summed E-state index contributed by atoms with van der Waals surface area (Å²) < 4.78 is 15.1. The standard InChI is InChI=1S/C14H16N2.C14H15NO.2C8H12N2.2C8H11NO/c2*1-15-13-7-3-11(4-8-13)12-5-9-14(16-2)10-6-12;1-9-7-3-5-8(10-2)6-4-7;1-9-7-4-3-5-8(6-7)10-2;1-9-7-3-5-8(10-2)6-4-7;1-9-7-4-3-5-8(6-7)10-2/h3-10,15-16H,1-2H3;3-10,15H,1-2H3;2*3-6,9-10H,1-2H3;2*3-6,9H,1-2H3. The molecule has 12 nitrogen and oxygen atoms in total. The van der Waals surface area contributed by atoms with Crippen molar-refractivity contribution in [3.05, 3.63) is 194 Å². The summed E-state index contributed by atoms with van der Waals surface area (Å²) in [6.45, 7) is 0. The second-order valence-corrected chi connectivity index (χ2v) is 15.3. The van der Waals surface area contributed by atoms with Crippen LogP contribution in [-0.4, -0.2) is 84.8 Å². The Balaban J connectivity index is 0.000000232. The Bertz CT molecular complexity index is 2270. The van der Waals surface area contributed by atoms with Gasteiger partial charge in [0.25, 0.3) is 0 Å². The lowest BCUT2D eigenvalue weighted by Crippen LogP contribution is -1.90. The highest BCUT2D eigenvalue weighted by Gasteiger charge is 2.00. The van der Waals surface area contributed by atoms with E-state index < -0.39 is 0 Å². The molecule has 0 aliphatic carbocycles. The number of methoxy groups -OCH3 is 3. The molecule has 0 saturated heterocycles. The highest BCUT2D eigenvalue weighted by atomic mass is 16.5. The van der Waals surface area contributed by atoms with E-state index in [9.17, 15) is 0 Å². The molecule has 0 saturated carbocycles. The number of ether oxygens (including phenoxy) is 3. The first-order valence-corrected chi connectivity index (χ1v) is 23.7. The first kappa shape index (κ1) is 57.7. The maximum Gasteiger partial charge on any atom is 0.120 e. The molecule has 8 aromatic rings. The number of hydrogen-bond acceptors (Lipinski definition) is 12. The molecular formula is C60H77N9O3. The molecule has 0 spiro atoms. The highest BCUT2D eigenvalue weighted by molar-refractivity contribution is 5.69. The van der Waals surface area contributed by atoms with Crippen molar-refractivity contribution in [3.63, 3.8) is 0 Å². The van der Waals surface area contributed by atoms with Gasteiger partial charge in [0, 0.05) is 121 Å². The van der Waals surface area contributed by atoms with E-state index >= 15 is 0 Å². The summed E-state index contributed by atoms with van der Waals surface area (Å²) >= 11 is 0. The van der Waals surface area contributed by atoms with E-state index in [2.05, 4.69) is 139 Å². The van der Waals surface area contributed by atoms with Crippen molar-refractivity contribution in [2.24, 2.45) is 0 Å².